The van der Waals surface area contributed by atoms with E-state index in [9.17, 15) is 9.59 Å². The number of hydrogen-bond acceptors (Lipinski definition) is 2. The fourth-order valence-corrected chi connectivity index (χ4v) is 1.25. The molecule has 78 valence electrons. The van der Waals surface area contributed by atoms with Crippen molar-refractivity contribution in [2.45, 2.75) is 32.9 Å². The van der Waals surface area contributed by atoms with Crippen LogP contribution in [-0.2, 0) is 11.3 Å². The molecule has 1 aromatic heterocycles. The third-order valence-corrected chi connectivity index (χ3v) is 2.11. The Kier molecular flexibility index (Phi) is 3.11. The van der Waals surface area contributed by atoms with Crippen molar-refractivity contribution in [2.24, 2.45) is 0 Å². The zero-order valence-corrected chi connectivity index (χ0v) is 8.30. The van der Waals surface area contributed by atoms with Crippen molar-refractivity contribution < 1.29 is 9.90 Å². The lowest BCUT2D eigenvalue weighted by atomic mass is 10.3. The predicted molar refractivity (Wildman–Crippen MR) is 51.3 cm³/mol. The van der Waals surface area contributed by atoms with Crippen molar-refractivity contribution >= 4 is 5.97 Å². The van der Waals surface area contributed by atoms with Gasteiger partial charge in [0.2, 0.25) is 0 Å². The first-order chi connectivity index (χ1) is 6.57. The highest BCUT2D eigenvalue weighted by molar-refractivity contribution is 5.71. The van der Waals surface area contributed by atoms with Crippen molar-refractivity contribution in [1.82, 2.24) is 9.13 Å². The Hall–Kier alpha value is -1.52. The standard InChI is InChI=1S/C9H14N2O3/c1-3-4-10-5-6-11(9(10)14)7(2)8(12)13/h5-7H,3-4H2,1-2H3,(H,12,13)/t7-/m0/s1. The first kappa shape index (κ1) is 10.6. The van der Waals surface area contributed by atoms with Crippen molar-refractivity contribution in [2.75, 3.05) is 0 Å². The number of aryl methyl sites for hydroxylation is 1. The number of aliphatic carboxylic acids is 1. The van der Waals surface area contributed by atoms with E-state index in [1.54, 1.807) is 6.20 Å². The van der Waals surface area contributed by atoms with Crippen molar-refractivity contribution in [3.05, 3.63) is 22.9 Å². The van der Waals surface area contributed by atoms with Crippen LogP contribution in [-0.4, -0.2) is 20.2 Å². The molecule has 0 aliphatic rings. The highest BCUT2D eigenvalue weighted by atomic mass is 16.4. The Morgan fingerprint density at radius 3 is 2.71 bits per heavy atom. The van der Waals surface area contributed by atoms with Gasteiger partial charge in [0.25, 0.3) is 0 Å². The van der Waals surface area contributed by atoms with E-state index in [1.165, 1.54) is 22.3 Å². The molecule has 0 saturated carbocycles. The number of nitrogens with zero attached hydrogens (tertiary/aromatic N) is 2. The van der Waals surface area contributed by atoms with Gasteiger partial charge in [-0.2, -0.15) is 0 Å². The number of rotatable bonds is 4. The minimum atomic E-state index is -0.999. The molecule has 1 aromatic rings. The first-order valence-electron chi connectivity index (χ1n) is 4.58. The van der Waals surface area contributed by atoms with Gasteiger partial charge in [-0.25, -0.2) is 9.59 Å². The molecule has 1 N–H and O–H groups in total. The average molecular weight is 198 g/mol. The summed E-state index contributed by atoms with van der Waals surface area (Å²) in [7, 11) is 0. The molecule has 1 rings (SSSR count). The second-order valence-electron chi connectivity index (χ2n) is 3.20. The number of carboxylic acid groups (broad SMARTS) is 1. The summed E-state index contributed by atoms with van der Waals surface area (Å²) >= 11 is 0. The van der Waals surface area contributed by atoms with Gasteiger partial charge in [-0.15, -0.1) is 0 Å². The highest BCUT2D eigenvalue weighted by Gasteiger charge is 2.15. The molecule has 0 amide bonds. The quantitative estimate of drug-likeness (QED) is 0.774. The van der Waals surface area contributed by atoms with Gasteiger partial charge >= 0.3 is 11.7 Å². The maximum absolute atomic E-state index is 11.6. The Labute approximate surface area is 81.6 Å². The molecule has 5 nitrogen and oxygen atoms in total. The van der Waals surface area contributed by atoms with Gasteiger partial charge in [-0.05, 0) is 13.3 Å². The Morgan fingerprint density at radius 2 is 2.21 bits per heavy atom. The molecule has 0 spiro atoms. The van der Waals surface area contributed by atoms with Crippen LogP contribution in [0.15, 0.2) is 17.2 Å². The third-order valence-electron chi connectivity index (χ3n) is 2.11. The first-order valence-corrected chi connectivity index (χ1v) is 4.58. The summed E-state index contributed by atoms with van der Waals surface area (Å²) < 4.78 is 2.73. The number of imidazole rings is 1. The zero-order chi connectivity index (χ0) is 10.7. The molecule has 14 heavy (non-hydrogen) atoms. The van der Waals surface area contributed by atoms with Gasteiger partial charge in [0.1, 0.15) is 6.04 Å². The second kappa shape index (κ2) is 4.13. The van der Waals surface area contributed by atoms with Crippen LogP contribution in [0.3, 0.4) is 0 Å². The topological polar surface area (TPSA) is 64.2 Å². The van der Waals surface area contributed by atoms with Gasteiger partial charge in [0.05, 0.1) is 0 Å². The van der Waals surface area contributed by atoms with Crippen LogP contribution in [0.5, 0.6) is 0 Å². The maximum atomic E-state index is 11.6. The summed E-state index contributed by atoms with van der Waals surface area (Å²) in [6.45, 7) is 4.07. The minimum Gasteiger partial charge on any atom is -0.480 e. The molecule has 0 saturated heterocycles. The number of hydrogen-bond donors (Lipinski definition) is 1. The van der Waals surface area contributed by atoms with Crippen LogP contribution in [0.2, 0.25) is 0 Å². The van der Waals surface area contributed by atoms with Gasteiger partial charge in [-0.3, -0.25) is 9.13 Å². The average Bonchev–Trinajstić information content (AvgIpc) is 2.48. The van der Waals surface area contributed by atoms with Crippen LogP contribution in [0, 0.1) is 0 Å². The summed E-state index contributed by atoms with van der Waals surface area (Å²) in [4.78, 5) is 22.2. The van der Waals surface area contributed by atoms with Crippen LogP contribution >= 0.6 is 0 Å². The van der Waals surface area contributed by atoms with Crippen molar-refractivity contribution in [1.29, 1.82) is 0 Å². The molecule has 5 heteroatoms. The summed E-state index contributed by atoms with van der Waals surface area (Å²) in [6, 6.07) is -0.805. The third kappa shape index (κ3) is 1.86. The van der Waals surface area contributed by atoms with Crippen LogP contribution in [0.1, 0.15) is 26.3 Å². The summed E-state index contributed by atoms with van der Waals surface area (Å²) in [5.74, 6) is -0.999. The lowest BCUT2D eigenvalue weighted by Gasteiger charge is -2.05. The second-order valence-corrected chi connectivity index (χ2v) is 3.20. The molecule has 0 fully saturated rings. The molecular formula is C9H14N2O3. The number of carbonyl (C=O) groups is 1. The maximum Gasteiger partial charge on any atom is 0.328 e. The predicted octanol–water partition coefficient (Wildman–Crippen LogP) is 0.705. The smallest absolute Gasteiger partial charge is 0.328 e. The monoisotopic (exact) mass is 198 g/mol. The number of carboxylic acids is 1. The van der Waals surface area contributed by atoms with E-state index in [0.29, 0.717) is 6.54 Å². The fraction of sp³-hybridized carbons (Fsp3) is 0.556. The summed E-state index contributed by atoms with van der Waals surface area (Å²) in [5.41, 5.74) is -0.262. The van der Waals surface area contributed by atoms with E-state index >= 15 is 0 Å². The lowest BCUT2D eigenvalue weighted by molar-refractivity contribution is -0.140. The van der Waals surface area contributed by atoms with E-state index in [1.807, 2.05) is 6.92 Å². The lowest BCUT2D eigenvalue weighted by Crippen LogP contribution is -2.29. The van der Waals surface area contributed by atoms with Gasteiger partial charge in [0, 0.05) is 18.9 Å². The van der Waals surface area contributed by atoms with Crippen molar-refractivity contribution in [3.63, 3.8) is 0 Å². The minimum absolute atomic E-state index is 0.262. The molecule has 0 aliphatic carbocycles. The van der Waals surface area contributed by atoms with Crippen LogP contribution in [0.25, 0.3) is 0 Å². The van der Waals surface area contributed by atoms with E-state index in [4.69, 9.17) is 5.11 Å². The normalized spacial score (nSPS) is 12.7. The van der Waals surface area contributed by atoms with E-state index < -0.39 is 12.0 Å². The fourth-order valence-electron chi connectivity index (χ4n) is 1.25. The molecular weight excluding hydrogens is 184 g/mol. The Balaban J connectivity index is 3.01. The summed E-state index contributed by atoms with van der Waals surface area (Å²) in [6.07, 6.45) is 3.98. The Morgan fingerprint density at radius 1 is 1.57 bits per heavy atom. The molecule has 0 aromatic carbocycles. The van der Waals surface area contributed by atoms with Gasteiger partial charge in [0.15, 0.2) is 0 Å². The van der Waals surface area contributed by atoms with Gasteiger partial charge < -0.3 is 5.11 Å². The largest absolute Gasteiger partial charge is 0.480 e. The van der Waals surface area contributed by atoms with Crippen molar-refractivity contribution in [3.8, 4) is 0 Å². The molecule has 0 bridgehead atoms. The summed E-state index contributed by atoms with van der Waals surface area (Å²) in [5, 5.41) is 8.73. The highest BCUT2D eigenvalue weighted by Crippen LogP contribution is 2.01. The van der Waals surface area contributed by atoms with E-state index in [2.05, 4.69) is 0 Å². The zero-order valence-electron chi connectivity index (χ0n) is 8.30. The SMILES string of the molecule is CCCn1ccn([C@@H](C)C(=O)O)c1=O. The van der Waals surface area contributed by atoms with Gasteiger partial charge in [-0.1, -0.05) is 6.92 Å². The van der Waals surface area contributed by atoms with Crippen LogP contribution < -0.4 is 5.69 Å². The molecule has 1 heterocycles. The van der Waals surface area contributed by atoms with Crippen LogP contribution in [0.4, 0.5) is 0 Å². The molecule has 1 atom stereocenters. The molecule has 0 aliphatic heterocycles. The van der Waals surface area contributed by atoms with E-state index in [0.717, 1.165) is 6.42 Å². The number of aromatic nitrogens is 2. The molecule has 0 unspecified atom stereocenters. The Bertz CT molecular complexity index is 378. The molecule has 0 radical (unpaired) electrons. The van der Waals surface area contributed by atoms with E-state index in [-0.39, 0.29) is 5.69 Å².